The van der Waals surface area contributed by atoms with Crippen molar-refractivity contribution in [3.8, 4) is 0 Å². The summed E-state index contributed by atoms with van der Waals surface area (Å²) < 4.78 is 3.19. The van der Waals surface area contributed by atoms with Gasteiger partial charge in [-0.1, -0.05) is 19.8 Å². The Bertz CT molecular complexity index is 453. The number of aryl methyl sites for hydroxylation is 1. The number of hydrogen-bond donors (Lipinski definition) is 1. The predicted octanol–water partition coefficient (Wildman–Crippen LogP) is 3.24. The van der Waals surface area contributed by atoms with Crippen molar-refractivity contribution in [1.82, 2.24) is 20.0 Å². The molecule has 1 unspecified atom stereocenters. The van der Waals surface area contributed by atoms with Crippen LogP contribution in [0.15, 0.2) is 10.7 Å². The van der Waals surface area contributed by atoms with Crippen LogP contribution in [-0.2, 0) is 7.05 Å². The second kappa shape index (κ2) is 6.39. The Morgan fingerprint density at radius 2 is 1.95 bits per heavy atom. The van der Waals surface area contributed by atoms with Crippen LogP contribution < -0.4 is 5.32 Å². The van der Waals surface area contributed by atoms with E-state index in [1.165, 1.54) is 57.3 Å². The van der Waals surface area contributed by atoms with Gasteiger partial charge in [0.2, 0.25) is 0 Å². The van der Waals surface area contributed by atoms with Crippen LogP contribution in [0.4, 0.5) is 0 Å². The molecule has 0 amide bonds. The standard InChI is InChI=1S/C16H27BrN4/c1-3-18-15(14-13(17)12-19-20(14)2)16(8-4-5-9-16)21-10-6-7-11-21/h12,15,18H,3-11H2,1-2H3. The lowest BCUT2D eigenvalue weighted by atomic mass is 9.84. The lowest BCUT2D eigenvalue weighted by molar-refractivity contribution is 0.0735. The molecule has 2 heterocycles. The van der Waals surface area contributed by atoms with Crippen molar-refractivity contribution < 1.29 is 0 Å². The number of rotatable bonds is 5. The Morgan fingerprint density at radius 1 is 1.29 bits per heavy atom. The van der Waals surface area contributed by atoms with Gasteiger partial charge in [-0.15, -0.1) is 0 Å². The van der Waals surface area contributed by atoms with E-state index in [-0.39, 0.29) is 5.54 Å². The van der Waals surface area contributed by atoms with Crippen LogP contribution >= 0.6 is 15.9 Å². The first-order valence-electron chi connectivity index (χ1n) is 8.35. The molecule has 0 spiro atoms. The molecule has 0 radical (unpaired) electrons. The maximum absolute atomic E-state index is 4.46. The van der Waals surface area contributed by atoms with Crippen molar-refractivity contribution in [2.24, 2.45) is 7.05 Å². The van der Waals surface area contributed by atoms with Gasteiger partial charge in [0, 0.05) is 12.6 Å². The minimum absolute atomic E-state index is 0.281. The summed E-state index contributed by atoms with van der Waals surface area (Å²) in [6.45, 7) is 5.73. The summed E-state index contributed by atoms with van der Waals surface area (Å²) >= 11 is 3.73. The van der Waals surface area contributed by atoms with Gasteiger partial charge in [0.25, 0.3) is 0 Å². The fraction of sp³-hybridized carbons (Fsp3) is 0.812. The Morgan fingerprint density at radius 3 is 2.48 bits per heavy atom. The third-order valence-corrected chi connectivity index (χ3v) is 5.97. The number of nitrogens with zero attached hydrogens (tertiary/aromatic N) is 3. The van der Waals surface area contributed by atoms with Gasteiger partial charge < -0.3 is 5.32 Å². The number of likely N-dealkylation sites (N-methyl/N-ethyl adjacent to an activating group) is 1. The number of hydrogen-bond acceptors (Lipinski definition) is 3. The maximum Gasteiger partial charge on any atom is 0.0711 e. The molecule has 0 aromatic carbocycles. The summed E-state index contributed by atoms with van der Waals surface area (Å²) in [5.41, 5.74) is 1.59. The van der Waals surface area contributed by atoms with Crippen LogP contribution in [0.5, 0.6) is 0 Å². The second-order valence-corrected chi connectivity index (χ2v) is 7.35. The van der Waals surface area contributed by atoms with E-state index in [9.17, 15) is 0 Å². The van der Waals surface area contributed by atoms with Crippen molar-refractivity contribution >= 4 is 15.9 Å². The summed E-state index contributed by atoms with van der Waals surface area (Å²) in [6.07, 6.45) is 9.97. The van der Waals surface area contributed by atoms with Gasteiger partial charge >= 0.3 is 0 Å². The molecule has 2 aliphatic rings. The molecule has 1 N–H and O–H groups in total. The summed E-state index contributed by atoms with van der Waals surface area (Å²) in [7, 11) is 2.07. The maximum atomic E-state index is 4.46. The molecule has 1 aliphatic carbocycles. The first-order chi connectivity index (χ1) is 10.2. The third kappa shape index (κ3) is 2.68. The molecule has 0 bridgehead atoms. The van der Waals surface area contributed by atoms with E-state index in [1.807, 2.05) is 10.9 Å². The zero-order chi connectivity index (χ0) is 14.9. The molecular formula is C16H27BrN4. The van der Waals surface area contributed by atoms with Gasteiger partial charge in [0.05, 0.1) is 22.4 Å². The van der Waals surface area contributed by atoms with Gasteiger partial charge in [-0.2, -0.15) is 5.10 Å². The molecule has 5 heteroatoms. The van der Waals surface area contributed by atoms with Crippen LogP contribution in [0.25, 0.3) is 0 Å². The normalized spacial score (nSPS) is 23.8. The predicted molar refractivity (Wildman–Crippen MR) is 89.3 cm³/mol. The largest absolute Gasteiger partial charge is 0.307 e. The summed E-state index contributed by atoms with van der Waals surface area (Å²) in [5, 5.41) is 8.25. The Kier molecular flexibility index (Phi) is 4.71. The number of halogens is 1. The van der Waals surface area contributed by atoms with Crippen molar-refractivity contribution in [2.75, 3.05) is 19.6 Å². The van der Waals surface area contributed by atoms with Gasteiger partial charge in [-0.25, -0.2) is 0 Å². The van der Waals surface area contributed by atoms with Crippen molar-refractivity contribution in [2.45, 2.75) is 57.0 Å². The van der Waals surface area contributed by atoms with Crippen LogP contribution in [-0.4, -0.2) is 39.9 Å². The van der Waals surface area contributed by atoms with Crippen LogP contribution in [0, 0.1) is 0 Å². The molecule has 118 valence electrons. The van der Waals surface area contributed by atoms with Crippen molar-refractivity contribution in [1.29, 1.82) is 0 Å². The fourth-order valence-electron chi connectivity index (χ4n) is 4.43. The molecular weight excluding hydrogens is 328 g/mol. The highest BCUT2D eigenvalue weighted by Gasteiger charge is 2.48. The first-order valence-corrected chi connectivity index (χ1v) is 9.14. The topological polar surface area (TPSA) is 33.1 Å². The fourth-order valence-corrected chi connectivity index (χ4v) is 5.00. The van der Waals surface area contributed by atoms with E-state index in [1.54, 1.807) is 0 Å². The van der Waals surface area contributed by atoms with Crippen molar-refractivity contribution in [3.05, 3.63) is 16.4 Å². The number of aromatic nitrogens is 2. The molecule has 3 rings (SSSR count). The third-order valence-electron chi connectivity index (χ3n) is 5.36. The highest BCUT2D eigenvalue weighted by Crippen LogP contribution is 2.47. The lowest BCUT2D eigenvalue weighted by Crippen LogP contribution is -2.54. The van der Waals surface area contributed by atoms with E-state index >= 15 is 0 Å². The average Bonchev–Trinajstić information content (AvgIpc) is 3.19. The minimum atomic E-state index is 0.281. The van der Waals surface area contributed by atoms with Gasteiger partial charge in [0.1, 0.15) is 0 Å². The SMILES string of the molecule is CCNC(c1c(Br)cnn1C)C1(N2CCCC2)CCCC1. The summed E-state index contributed by atoms with van der Waals surface area (Å²) in [6, 6.07) is 0.366. The van der Waals surface area contributed by atoms with Gasteiger partial charge in [-0.3, -0.25) is 9.58 Å². The molecule has 1 atom stereocenters. The summed E-state index contributed by atoms with van der Waals surface area (Å²) in [4.78, 5) is 2.77. The van der Waals surface area contributed by atoms with Crippen LogP contribution in [0.2, 0.25) is 0 Å². The highest BCUT2D eigenvalue weighted by atomic mass is 79.9. The smallest absolute Gasteiger partial charge is 0.0711 e. The van der Waals surface area contributed by atoms with Gasteiger partial charge in [-0.05, 0) is 61.2 Å². The zero-order valence-corrected chi connectivity index (χ0v) is 14.8. The first kappa shape index (κ1) is 15.5. The van der Waals surface area contributed by atoms with Gasteiger partial charge in [0.15, 0.2) is 0 Å². The lowest BCUT2D eigenvalue weighted by Gasteiger charge is -2.45. The zero-order valence-electron chi connectivity index (χ0n) is 13.2. The quantitative estimate of drug-likeness (QED) is 0.880. The molecule has 2 fully saturated rings. The monoisotopic (exact) mass is 354 g/mol. The molecule has 1 saturated carbocycles. The second-order valence-electron chi connectivity index (χ2n) is 6.50. The summed E-state index contributed by atoms with van der Waals surface area (Å²) in [5.74, 6) is 0. The van der Waals surface area contributed by atoms with Crippen LogP contribution in [0.3, 0.4) is 0 Å². The Labute approximate surface area is 136 Å². The molecule has 21 heavy (non-hydrogen) atoms. The molecule has 1 saturated heterocycles. The highest BCUT2D eigenvalue weighted by molar-refractivity contribution is 9.10. The molecule has 4 nitrogen and oxygen atoms in total. The Hall–Kier alpha value is -0.390. The van der Waals surface area contributed by atoms with E-state index < -0.39 is 0 Å². The van der Waals surface area contributed by atoms with E-state index in [0.717, 1.165) is 11.0 Å². The Balaban J connectivity index is 2.01. The van der Waals surface area contributed by atoms with E-state index in [4.69, 9.17) is 0 Å². The minimum Gasteiger partial charge on any atom is -0.307 e. The molecule has 1 aromatic heterocycles. The molecule has 1 aromatic rings. The van der Waals surface area contributed by atoms with Crippen LogP contribution in [0.1, 0.15) is 57.2 Å². The van der Waals surface area contributed by atoms with Crippen molar-refractivity contribution in [3.63, 3.8) is 0 Å². The molecule has 1 aliphatic heterocycles. The van der Waals surface area contributed by atoms with E-state index in [0.29, 0.717) is 6.04 Å². The number of nitrogens with one attached hydrogen (secondary N) is 1. The average molecular weight is 355 g/mol. The van der Waals surface area contributed by atoms with E-state index in [2.05, 4.69) is 45.2 Å². The number of likely N-dealkylation sites (tertiary alicyclic amines) is 1.